The first-order valence-corrected chi connectivity index (χ1v) is 5.64. The van der Waals surface area contributed by atoms with E-state index in [2.05, 4.69) is 12.2 Å². The molecule has 0 atom stereocenters. The summed E-state index contributed by atoms with van der Waals surface area (Å²) in [4.78, 5) is 10.7. The largest absolute Gasteiger partial charge is 0.351 e. The molecule has 0 aromatic carbocycles. The third-order valence-corrected chi connectivity index (χ3v) is 2.21. The zero-order chi connectivity index (χ0) is 11.7. The van der Waals surface area contributed by atoms with Gasteiger partial charge in [0.25, 0.3) is 5.91 Å². The highest BCUT2D eigenvalue weighted by molar-refractivity contribution is 5.82. The zero-order valence-corrected chi connectivity index (χ0v) is 9.61. The van der Waals surface area contributed by atoms with Crippen molar-refractivity contribution in [3.05, 3.63) is 0 Å². The van der Waals surface area contributed by atoms with Crippen molar-refractivity contribution in [3.8, 4) is 0 Å². The molecule has 15 heavy (non-hydrogen) atoms. The van der Waals surface area contributed by atoms with Gasteiger partial charge in [0, 0.05) is 13.5 Å². The number of hydrogen-bond acceptors (Lipinski definition) is 1. The van der Waals surface area contributed by atoms with Crippen LogP contribution in [0, 0.1) is 0 Å². The van der Waals surface area contributed by atoms with Crippen LogP contribution in [0.3, 0.4) is 0 Å². The Hall–Kier alpha value is -0.670. The van der Waals surface area contributed by atoms with Gasteiger partial charge in [0.2, 0.25) is 0 Å². The third kappa shape index (κ3) is 8.33. The molecule has 1 amide bonds. The Balaban J connectivity index is 3.28. The van der Waals surface area contributed by atoms with E-state index in [1.807, 2.05) is 0 Å². The SMILES string of the molecule is CCCCCCCCNC(=O)C(C)(F)F. The molecule has 0 spiro atoms. The minimum absolute atomic E-state index is 0.356. The quantitative estimate of drug-likeness (QED) is 0.627. The van der Waals surface area contributed by atoms with Crippen LogP contribution in [0.4, 0.5) is 8.78 Å². The van der Waals surface area contributed by atoms with E-state index < -0.39 is 11.8 Å². The maximum absolute atomic E-state index is 12.4. The molecule has 0 aromatic rings. The second kappa shape index (κ2) is 7.60. The number of hydrogen-bond donors (Lipinski definition) is 1. The number of nitrogens with one attached hydrogen (secondary N) is 1. The topological polar surface area (TPSA) is 29.1 Å². The predicted octanol–water partition coefficient (Wildman–Crippen LogP) is 3.12. The fourth-order valence-corrected chi connectivity index (χ4v) is 1.26. The number of carbonyl (C=O) groups is 1. The molecule has 0 aliphatic carbocycles. The fourth-order valence-electron chi connectivity index (χ4n) is 1.26. The number of halogens is 2. The van der Waals surface area contributed by atoms with Crippen molar-refractivity contribution in [1.82, 2.24) is 5.32 Å². The average molecular weight is 221 g/mol. The minimum atomic E-state index is -3.25. The van der Waals surface area contributed by atoms with Crippen LogP contribution in [-0.2, 0) is 4.79 Å². The van der Waals surface area contributed by atoms with Crippen molar-refractivity contribution in [2.75, 3.05) is 6.54 Å². The molecule has 0 aromatic heterocycles. The van der Waals surface area contributed by atoms with Crippen LogP contribution in [0.1, 0.15) is 52.4 Å². The highest BCUT2D eigenvalue weighted by Crippen LogP contribution is 2.11. The summed E-state index contributed by atoms with van der Waals surface area (Å²) in [5.74, 6) is -4.42. The molecule has 0 radical (unpaired) electrons. The van der Waals surface area contributed by atoms with Crippen LogP contribution >= 0.6 is 0 Å². The molecule has 0 fully saturated rings. The summed E-state index contributed by atoms with van der Waals surface area (Å²) in [5, 5.41) is 2.22. The number of alkyl halides is 2. The van der Waals surface area contributed by atoms with E-state index in [4.69, 9.17) is 0 Å². The Morgan fingerprint density at radius 1 is 1.13 bits per heavy atom. The number of unbranched alkanes of at least 4 members (excludes halogenated alkanes) is 5. The van der Waals surface area contributed by atoms with Crippen molar-refractivity contribution < 1.29 is 13.6 Å². The highest BCUT2D eigenvalue weighted by atomic mass is 19.3. The van der Waals surface area contributed by atoms with Gasteiger partial charge in [-0.25, -0.2) is 0 Å². The van der Waals surface area contributed by atoms with E-state index in [9.17, 15) is 13.6 Å². The first-order valence-electron chi connectivity index (χ1n) is 5.64. The summed E-state index contributed by atoms with van der Waals surface area (Å²) in [7, 11) is 0. The molecule has 0 saturated carbocycles. The zero-order valence-electron chi connectivity index (χ0n) is 9.61. The van der Waals surface area contributed by atoms with Gasteiger partial charge in [-0.1, -0.05) is 39.0 Å². The van der Waals surface area contributed by atoms with Crippen LogP contribution in [-0.4, -0.2) is 18.4 Å². The monoisotopic (exact) mass is 221 g/mol. The lowest BCUT2D eigenvalue weighted by Crippen LogP contribution is -2.38. The molecule has 2 nitrogen and oxygen atoms in total. The summed E-state index contributed by atoms with van der Waals surface area (Å²) in [6.45, 7) is 3.11. The van der Waals surface area contributed by atoms with E-state index in [-0.39, 0.29) is 0 Å². The Labute approximate surface area is 90.4 Å². The van der Waals surface area contributed by atoms with E-state index in [0.717, 1.165) is 19.3 Å². The molecular weight excluding hydrogens is 200 g/mol. The molecule has 4 heteroatoms. The maximum Gasteiger partial charge on any atom is 0.321 e. The number of carbonyl (C=O) groups excluding carboxylic acids is 1. The van der Waals surface area contributed by atoms with Gasteiger partial charge >= 0.3 is 5.92 Å². The molecule has 0 aliphatic heterocycles. The lowest BCUT2D eigenvalue weighted by molar-refractivity contribution is -0.143. The van der Waals surface area contributed by atoms with Crippen LogP contribution in [0.2, 0.25) is 0 Å². The van der Waals surface area contributed by atoms with Crippen LogP contribution in [0.15, 0.2) is 0 Å². The van der Waals surface area contributed by atoms with Crippen molar-refractivity contribution in [2.45, 2.75) is 58.3 Å². The summed E-state index contributed by atoms with van der Waals surface area (Å²) in [5.41, 5.74) is 0. The normalized spacial score (nSPS) is 11.5. The van der Waals surface area contributed by atoms with Gasteiger partial charge in [-0.2, -0.15) is 8.78 Å². The fraction of sp³-hybridized carbons (Fsp3) is 0.909. The van der Waals surface area contributed by atoms with Gasteiger partial charge in [0.15, 0.2) is 0 Å². The molecule has 0 bridgehead atoms. The Morgan fingerprint density at radius 2 is 1.67 bits per heavy atom. The van der Waals surface area contributed by atoms with Gasteiger partial charge in [0.05, 0.1) is 0 Å². The van der Waals surface area contributed by atoms with E-state index in [1.165, 1.54) is 19.3 Å². The second-order valence-corrected chi connectivity index (χ2v) is 3.91. The second-order valence-electron chi connectivity index (χ2n) is 3.91. The predicted molar refractivity (Wildman–Crippen MR) is 57.0 cm³/mol. The highest BCUT2D eigenvalue weighted by Gasteiger charge is 2.31. The molecule has 0 unspecified atom stereocenters. The van der Waals surface area contributed by atoms with Crippen molar-refractivity contribution in [3.63, 3.8) is 0 Å². The van der Waals surface area contributed by atoms with E-state index >= 15 is 0 Å². The Kier molecular flexibility index (Phi) is 7.26. The van der Waals surface area contributed by atoms with E-state index in [1.54, 1.807) is 0 Å². The smallest absolute Gasteiger partial charge is 0.321 e. The van der Waals surface area contributed by atoms with Gasteiger partial charge < -0.3 is 5.32 Å². The Morgan fingerprint density at radius 3 is 2.20 bits per heavy atom. The van der Waals surface area contributed by atoms with Crippen LogP contribution in [0.5, 0.6) is 0 Å². The number of amides is 1. The van der Waals surface area contributed by atoms with Gasteiger partial charge in [-0.05, 0) is 6.42 Å². The van der Waals surface area contributed by atoms with Crippen molar-refractivity contribution in [1.29, 1.82) is 0 Å². The molecule has 0 heterocycles. The summed E-state index contributed by atoms with van der Waals surface area (Å²) in [6.07, 6.45) is 6.50. The standard InChI is InChI=1S/C11H21F2NO/c1-3-4-5-6-7-8-9-14-10(15)11(2,12)13/h3-9H2,1-2H3,(H,14,15). The summed E-state index contributed by atoms with van der Waals surface area (Å²) < 4.78 is 24.8. The lowest BCUT2D eigenvalue weighted by atomic mass is 10.1. The molecule has 0 rings (SSSR count). The van der Waals surface area contributed by atoms with Crippen molar-refractivity contribution >= 4 is 5.91 Å². The third-order valence-electron chi connectivity index (χ3n) is 2.21. The van der Waals surface area contributed by atoms with Gasteiger partial charge in [0.1, 0.15) is 0 Å². The van der Waals surface area contributed by atoms with Crippen molar-refractivity contribution in [2.24, 2.45) is 0 Å². The van der Waals surface area contributed by atoms with Crippen LogP contribution in [0.25, 0.3) is 0 Å². The molecule has 0 saturated heterocycles. The summed E-state index contributed by atoms with van der Waals surface area (Å²) in [6, 6.07) is 0. The average Bonchev–Trinajstić information content (AvgIpc) is 2.14. The number of rotatable bonds is 8. The molecule has 90 valence electrons. The first-order chi connectivity index (χ1) is 6.98. The molecule has 1 N–H and O–H groups in total. The maximum atomic E-state index is 12.4. The summed E-state index contributed by atoms with van der Waals surface area (Å²) >= 11 is 0. The van der Waals surface area contributed by atoms with Gasteiger partial charge in [-0.15, -0.1) is 0 Å². The minimum Gasteiger partial charge on any atom is -0.351 e. The Bertz CT molecular complexity index is 178. The molecule has 0 aliphatic rings. The first kappa shape index (κ1) is 14.3. The van der Waals surface area contributed by atoms with Crippen LogP contribution < -0.4 is 5.32 Å². The molecular formula is C11H21F2NO. The van der Waals surface area contributed by atoms with E-state index in [0.29, 0.717) is 13.5 Å². The van der Waals surface area contributed by atoms with Gasteiger partial charge in [-0.3, -0.25) is 4.79 Å². The lowest BCUT2D eigenvalue weighted by Gasteiger charge is -2.10.